The van der Waals surface area contributed by atoms with Gasteiger partial charge in [-0.25, -0.2) is 8.42 Å². The van der Waals surface area contributed by atoms with Crippen molar-refractivity contribution in [1.29, 1.82) is 5.41 Å². The van der Waals surface area contributed by atoms with Crippen LogP contribution in [0.4, 0.5) is 0 Å². The molecule has 1 aliphatic heterocycles. The third-order valence-corrected chi connectivity index (χ3v) is 9.87. The first kappa shape index (κ1) is 32.5. The summed E-state index contributed by atoms with van der Waals surface area (Å²) in [5.74, 6) is -0.840. The molecule has 11 nitrogen and oxygen atoms in total. The van der Waals surface area contributed by atoms with E-state index in [1.54, 1.807) is 17.0 Å². The number of nitrogens with two attached hydrogens (primary N) is 1. The molecular formula is C28H41N5O6S2. The fraction of sp³-hybridized carbons (Fsp3) is 0.500. The summed E-state index contributed by atoms with van der Waals surface area (Å²) in [5, 5.41) is 10.0. The van der Waals surface area contributed by atoms with Gasteiger partial charge in [0.1, 0.15) is 6.04 Å². The van der Waals surface area contributed by atoms with Crippen molar-refractivity contribution in [1.82, 2.24) is 14.9 Å². The van der Waals surface area contributed by atoms with E-state index in [-0.39, 0.29) is 34.9 Å². The molecule has 2 aromatic carbocycles. The molecule has 1 atom stereocenters. The van der Waals surface area contributed by atoms with E-state index < -0.39 is 31.6 Å². The summed E-state index contributed by atoms with van der Waals surface area (Å²) < 4.78 is 61.0. The Hall–Kier alpha value is -3.00. The Morgan fingerprint density at radius 1 is 1.07 bits per heavy atom. The molecule has 1 saturated heterocycles. The molecule has 2 aromatic rings. The van der Waals surface area contributed by atoms with E-state index in [1.807, 2.05) is 50.2 Å². The molecule has 1 aliphatic rings. The van der Waals surface area contributed by atoms with Crippen molar-refractivity contribution in [3.63, 3.8) is 0 Å². The van der Waals surface area contributed by atoms with Crippen molar-refractivity contribution in [2.75, 3.05) is 25.4 Å². The SMILES string of the molecule is CC(C)(c1ccccc1)c1cccc(S(=O)(=O)N[C@@H](CCCNC(=N)N)C(=O)N2CCC(CCS(=O)(=O)O)CC2)c1. The van der Waals surface area contributed by atoms with E-state index in [1.165, 1.54) is 6.07 Å². The van der Waals surface area contributed by atoms with E-state index in [0.29, 0.717) is 45.3 Å². The molecule has 0 radical (unpaired) electrons. The van der Waals surface area contributed by atoms with Gasteiger partial charge < -0.3 is 16.0 Å². The van der Waals surface area contributed by atoms with Gasteiger partial charge in [0.2, 0.25) is 15.9 Å². The number of likely N-dealkylation sites (tertiary alicyclic amines) is 1. The molecule has 13 heteroatoms. The number of carbonyl (C=O) groups excluding carboxylic acids is 1. The highest BCUT2D eigenvalue weighted by atomic mass is 32.2. The zero-order valence-electron chi connectivity index (χ0n) is 23.5. The molecule has 1 amide bonds. The van der Waals surface area contributed by atoms with Crippen LogP contribution in [0.1, 0.15) is 57.1 Å². The number of amides is 1. The number of nitrogens with one attached hydrogen (secondary N) is 3. The van der Waals surface area contributed by atoms with Gasteiger partial charge in [-0.2, -0.15) is 13.1 Å². The second-order valence-corrected chi connectivity index (χ2v) is 14.3. The number of nitrogens with zero attached hydrogens (tertiary/aromatic N) is 1. The van der Waals surface area contributed by atoms with Crippen LogP contribution in [0.5, 0.6) is 0 Å². The summed E-state index contributed by atoms with van der Waals surface area (Å²) in [4.78, 5) is 15.2. The number of benzene rings is 2. The summed E-state index contributed by atoms with van der Waals surface area (Å²) in [7, 11) is -8.12. The normalized spacial score (nSPS) is 15.8. The number of hydrogen-bond acceptors (Lipinski definition) is 6. The predicted molar refractivity (Wildman–Crippen MR) is 159 cm³/mol. The molecule has 1 heterocycles. The number of sulfonamides is 1. The second kappa shape index (κ2) is 13.8. The average molecular weight is 608 g/mol. The molecule has 6 N–H and O–H groups in total. The molecule has 1 fully saturated rings. The van der Waals surface area contributed by atoms with Crippen LogP contribution in [-0.4, -0.2) is 69.6 Å². The highest BCUT2D eigenvalue weighted by Crippen LogP contribution is 2.32. The van der Waals surface area contributed by atoms with E-state index in [4.69, 9.17) is 15.7 Å². The highest BCUT2D eigenvalue weighted by Gasteiger charge is 2.32. The van der Waals surface area contributed by atoms with Crippen LogP contribution in [0, 0.1) is 11.3 Å². The first-order valence-corrected chi connectivity index (χ1v) is 16.8. The molecule has 0 aliphatic carbocycles. The van der Waals surface area contributed by atoms with E-state index >= 15 is 0 Å². The Morgan fingerprint density at radius 3 is 2.32 bits per heavy atom. The van der Waals surface area contributed by atoms with Gasteiger partial charge in [-0.1, -0.05) is 56.3 Å². The van der Waals surface area contributed by atoms with Crippen LogP contribution in [0.15, 0.2) is 59.5 Å². The smallest absolute Gasteiger partial charge is 0.264 e. The number of hydrogen-bond donors (Lipinski definition) is 5. The Morgan fingerprint density at radius 2 is 1.71 bits per heavy atom. The lowest BCUT2D eigenvalue weighted by molar-refractivity contribution is -0.134. The lowest BCUT2D eigenvalue weighted by Gasteiger charge is -2.34. The Labute approximate surface area is 243 Å². The zero-order valence-corrected chi connectivity index (χ0v) is 25.2. The number of rotatable bonds is 13. The number of carbonyl (C=O) groups is 1. The first-order chi connectivity index (χ1) is 19.2. The van der Waals surface area contributed by atoms with Crippen molar-refractivity contribution in [3.05, 3.63) is 65.7 Å². The van der Waals surface area contributed by atoms with Gasteiger partial charge in [-0.3, -0.25) is 14.8 Å². The van der Waals surface area contributed by atoms with E-state index in [0.717, 1.165) is 11.1 Å². The van der Waals surface area contributed by atoms with Crippen LogP contribution in [-0.2, 0) is 30.4 Å². The molecule has 41 heavy (non-hydrogen) atoms. The summed E-state index contributed by atoms with van der Waals surface area (Å²) in [6, 6.07) is 15.5. The van der Waals surface area contributed by atoms with Gasteiger partial charge >= 0.3 is 0 Å². The monoisotopic (exact) mass is 607 g/mol. The number of guanidine groups is 1. The Bertz CT molecular complexity index is 1410. The molecule has 3 rings (SSSR count). The lowest BCUT2D eigenvalue weighted by Crippen LogP contribution is -2.51. The zero-order chi connectivity index (χ0) is 30.3. The van der Waals surface area contributed by atoms with Crippen molar-refractivity contribution in [2.24, 2.45) is 11.7 Å². The van der Waals surface area contributed by atoms with Gasteiger partial charge in [-0.05, 0) is 61.3 Å². The maximum absolute atomic E-state index is 13.6. The van der Waals surface area contributed by atoms with Crippen LogP contribution < -0.4 is 15.8 Å². The van der Waals surface area contributed by atoms with Crippen molar-refractivity contribution in [2.45, 2.75) is 62.3 Å². The van der Waals surface area contributed by atoms with Crippen LogP contribution >= 0.6 is 0 Å². The molecule has 0 saturated carbocycles. The van der Waals surface area contributed by atoms with E-state index in [9.17, 15) is 21.6 Å². The quantitative estimate of drug-likeness (QED) is 0.0995. The third kappa shape index (κ3) is 9.52. The summed E-state index contributed by atoms with van der Waals surface area (Å²) in [6.07, 6.45) is 2.01. The average Bonchev–Trinajstić information content (AvgIpc) is 2.93. The fourth-order valence-electron chi connectivity index (χ4n) is 5.07. The first-order valence-electron chi connectivity index (χ1n) is 13.7. The van der Waals surface area contributed by atoms with Crippen LogP contribution in [0.2, 0.25) is 0 Å². The largest absolute Gasteiger partial charge is 0.370 e. The predicted octanol–water partition coefficient (Wildman–Crippen LogP) is 2.44. The molecule has 0 bridgehead atoms. The minimum Gasteiger partial charge on any atom is -0.370 e. The topological polar surface area (TPSA) is 183 Å². The Kier molecular flexibility index (Phi) is 10.9. The summed E-state index contributed by atoms with van der Waals surface area (Å²) >= 11 is 0. The van der Waals surface area contributed by atoms with Crippen molar-refractivity contribution < 1.29 is 26.2 Å². The van der Waals surface area contributed by atoms with Crippen LogP contribution in [0.3, 0.4) is 0 Å². The standard InChI is InChI=1S/C28H41N5O6S2/c1-28(2,22-8-4-3-5-9-22)23-10-6-11-24(20-23)41(38,39)32-25(12-7-16-31-27(29)30)26(34)33-17-13-21(14-18-33)15-19-40(35,36)37/h3-6,8-11,20-21,25,32H,7,12-19H2,1-2H3,(H4,29,30,31)(H,35,36,37)/t25-/m0/s1. The molecular weight excluding hydrogens is 566 g/mol. The molecule has 0 unspecified atom stereocenters. The van der Waals surface area contributed by atoms with Gasteiger partial charge in [0.25, 0.3) is 10.1 Å². The summed E-state index contributed by atoms with van der Waals surface area (Å²) in [5.41, 5.74) is 6.74. The minimum absolute atomic E-state index is 0.0478. The van der Waals surface area contributed by atoms with Gasteiger partial charge in [0.05, 0.1) is 10.6 Å². The fourth-order valence-corrected chi connectivity index (χ4v) is 6.97. The highest BCUT2D eigenvalue weighted by molar-refractivity contribution is 7.89. The Balaban J connectivity index is 1.77. The lowest BCUT2D eigenvalue weighted by atomic mass is 9.78. The van der Waals surface area contributed by atoms with Crippen molar-refractivity contribution >= 4 is 32.0 Å². The third-order valence-electron chi connectivity index (χ3n) is 7.65. The minimum atomic E-state index is -4.08. The van der Waals surface area contributed by atoms with Gasteiger partial charge in [-0.15, -0.1) is 0 Å². The van der Waals surface area contributed by atoms with Crippen molar-refractivity contribution in [3.8, 4) is 0 Å². The van der Waals surface area contributed by atoms with E-state index in [2.05, 4.69) is 10.0 Å². The maximum Gasteiger partial charge on any atom is 0.264 e. The molecule has 0 spiro atoms. The van der Waals surface area contributed by atoms with Gasteiger partial charge in [0.15, 0.2) is 5.96 Å². The van der Waals surface area contributed by atoms with Crippen LogP contribution in [0.25, 0.3) is 0 Å². The number of piperidine rings is 1. The molecule has 0 aromatic heterocycles. The second-order valence-electron chi connectivity index (χ2n) is 11.0. The summed E-state index contributed by atoms with van der Waals surface area (Å²) in [6.45, 7) is 5.07. The molecule has 226 valence electrons. The van der Waals surface area contributed by atoms with Gasteiger partial charge in [0, 0.05) is 25.0 Å². The maximum atomic E-state index is 13.6.